The van der Waals surface area contributed by atoms with E-state index in [0.29, 0.717) is 34.9 Å². The lowest BCUT2D eigenvalue weighted by molar-refractivity contribution is -0.117. The number of amides is 2. The molecular formula is C37H37ClFN7O6S. The summed E-state index contributed by atoms with van der Waals surface area (Å²) in [6.45, 7) is 0.205. The molecule has 1 saturated heterocycles. The normalized spacial score (nSPS) is 17.9. The number of carbonyl (C=O) groups excluding carboxylic acids is 1. The van der Waals surface area contributed by atoms with Gasteiger partial charge in [0, 0.05) is 70.5 Å². The molecule has 3 atom stereocenters. The maximum absolute atomic E-state index is 15.7. The van der Waals surface area contributed by atoms with Crippen molar-refractivity contribution < 1.29 is 32.2 Å². The molecule has 2 heterocycles. The van der Waals surface area contributed by atoms with Crippen LogP contribution in [0.1, 0.15) is 41.9 Å². The van der Waals surface area contributed by atoms with Crippen molar-refractivity contribution in [1.82, 2.24) is 14.2 Å². The third-order valence-electron chi connectivity index (χ3n) is 9.85. The van der Waals surface area contributed by atoms with Gasteiger partial charge >= 0.3 is 6.09 Å². The fourth-order valence-corrected chi connectivity index (χ4v) is 8.81. The predicted molar refractivity (Wildman–Crippen MR) is 196 cm³/mol. The number of azide groups is 1. The van der Waals surface area contributed by atoms with Gasteiger partial charge in [-0.1, -0.05) is 59.2 Å². The Hall–Kier alpha value is -5.21. The largest absolute Gasteiger partial charge is 0.481 e. The van der Waals surface area contributed by atoms with Gasteiger partial charge < -0.3 is 20.1 Å². The minimum absolute atomic E-state index is 0.0421. The number of sulfonamides is 1. The van der Waals surface area contributed by atoms with E-state index in [1.54, 1.807) is 54.6 Å². The molecule has 4 aromatic rings. The van der Waals surface area contributed by atoms with Crippen molar-refractivity contribution in [2.45, 2.75) is 48.6 Å². The molecule has 16 heteroatoms. The van der Waals surface area contributed by atoms with Gasteiger partial charge in [-0.3, -0.25) is 4.79 Å². The first-order valence-corrected chi connectivity index (χ1v) is 18.7. The van der Waals surface area contributed by atoms with Gasteiger partial charge in [-0.05, 0) is 78.7 Å². The highest BCUT2D eigenvalue weighted by Gasteiger charge is 2.52. The zero-order valence-corrected chi connectivity index (χ0v) is 30.3. The van der Waals surface area contributed by atoms with Crippen molar-refractivity contribution in [2.75, 3.05) is 32.1 Å². The SMILES string of the molecule is COc1ccc([C@H](c2ccc(Cl)cc2)[C@H](N=[N+]=[N-])C(=O)Nc2cccc(F)c2CCC2CN(C(=O)O)CC3(CC3)CN2S(=O)(=O)c2ccccc2)cn1. The molecule has 0 bridgehead atoms. The molecule has 3 aromatic carbocycles. The average molecular weight is 762 g/mol. The summed E-state index contributed by atoms with van der Waals surface area (Å²) >= 11 is 6.15. The summed E-state index contributed by atoms with van der Waals surface area (Å²) in [5.74, 6) is -1.89. The van der Waals surface area contributed by atoms with Crippen molar-refractivity contribution >= 4 is 39.3 Å². The van der Waals surface area contributed by atoms with Crippen LogP contribution in [0, 0.1) is 11.2 Å². The van der Waals surface area contributed by atoms with Crippen LogP contribution in [0.3, 0.4) is 0 Å². The number of rotatable bonds is 12. The summed E-state index contributed by atoms with van der Waals surface area (Å²) in [7, 11) is -2.60. The number of carbonyl (C=O) groups is 2. The van der Waals surface area contributed by atoms with E-state index in [2.05, 4.69) is 20.3 Å². The Morgan fingerprint density at radius 3 is 2.42 bits per heavy atom. The fourth-order valence-electron chi connectivity index (χ4n) is 6.90. The summed E-state index contributed by atoms with van der Waals surface area (Å²) < 4.78 is 50.5. The smallest absolute Gasteiger partial charge is 0.407 e. The van der Waals surface area contributed by atoms with Crippen molar-refractivity contribution in [3.05, 3.63) is 129 Å². The van der Waals surface area contributed by atoms with E-state index >= 15 is 4.39 Å². The number of ether oxygens (including phenoxy) is 1. The molecule has 2 aliphatic rings. The zero-order chi connectivity index (χ0) is 37.8. The first-order valence-electron chi connectivity index (χ1n) is 16.9. The molecule has 0 radical (unpaired) electrons. The second-order valence-electron chi connectivity index (χ2n) is 13.3. The van der Waals surface area contributed by atoms with E-state index < -0.39 is 51.3 Å². The van der Waals surface area contributed by atoms with Gasteiger partial charge in [0.25, 0.3) is 0 Å². The van der Waals surface area contributed by atoms with Crippen LogP contribution in [0.25, 0.3) is 10.4 Å². The Labute approximate surface area is 311 Å². The molecule has 13 nitrogen and oxygen atoms in total. The Morgan fingerprint density at radius 2 is 1.79 bits per heavy atom. The van der Waals surface area contributed by atoms with Crippen molar-refractivity contribution in [3.63, 3.8) is 0 Å². The molecule has 2 amide bonds. The highest BCUT2D eigenvalue weighted by molar-refractivity contribution is 7.89. The van der Waals surface area contributed by atoms with Crippen LogP contribution in [-0.2, 0) is 21.2 Å². The number of carboxylic acid groups (broad SMARTS) is 1. The van der Waals surface area contributed by atoms with E-state index in [0.717, 1.165) is 0 Å². The summed E-state index contributed by atoms with van der Waals surface area (Å²) in [5, 5.41) is 17.2. The van der Waals surface area contributed by atoms with Crippen molar-refractivity contribution in [2.24, 2.45) is 10.5 Å². The number of anilines is 1. The number of nitrogens with one attached hydrogen (secondary N) is 1. The second kappa shape index (κ2) is 15.8. The second-order valence-corrected chi connectivity index (χ2v) is 15.6. The van der Waals surface area contributed by atoms with Gasteiger partial charge in [0.2, 0.25) is 21.8 Å². The molecule has 276 valence electrons. The van der Waals surface area contributed by atoms with Gasteiger partial charge in [-0.25, -0.2) is 22.6 Å². The highest BCUT2D eigenvalue weighted by Crippen LogP contribution is 2.49. The molecule has 2 N–H and O–H groups in total. The first-order chi connectivity index (χ1) is 25.4. The van der Waals surface area contributed by atoms with E-state index in [1.165, 1.54) is 52.8 Å². The van der Waals surface area contributed by atoms with E-state index in [4.69, 9.17) is 16.3 Å². The highest BCUT2D eigenvalue weighted by atomic mass is 35.5. The number of aromatic nitrogens is 1. The quantitative estimate of drug-likeness (QED) is 0.0879. The third kappa shape index (κ3) is 8.39. The van der Waals surface area contributed by atoms with Crippen LogP contribution in [0.4, 0.5) is 14.9 Å². The molecule has 53 heavy (non-hydrogen) atoms. The Bertz CT molecular complexity index is 2120. The van der Waals surface area contributed by atoms with E-state index in [1.807, 2.05) is 0 Å². The first kappa shape index (κ1) is 37.5. The molecule has 1 spiro atoms. The van der Waals surface area contributed by atoms with Crippen LogP contribution < -0.4 is 10.1 Å². The Kier molecular flexibility index (Phi) is 11.2. The number of pyridine rings is 1. The number of nitrogens with zero attached hydrogens (tertiary/aromatic N) is 6. The summed E-state index contributed by atoms with van der Waals surface area (Å²) in [4.78, 5) is 35.0. The average Bonchev–Trinajstić information content (AvgIpc) is 3.95. The van der Waals surface area contributed by atoms with E-state index in [-0.39, 0.29) is 48.6 Å². The molecule has 6 rings (SSSR count). The zero-order valence-electron chi connectivity index (χ0n) is 28.7. The van der Waals surface area contributed by atoms with Crippen LogP contribution in [0.2, 0.25) is 5.02 Å². The maximum Gasteiger partial charge on any atom is 0.407 e. The van der Waals surface area contributed by atoms with Crippen LogP contribution in [0.5, 0.6) is 5.88 Å². The number of halogens is 2. The van der Waals surface area contributed by atoms with Gasteiger partial charge in [0.15, 0.2) is 0 Å². The monoisotopic (exact) mass is 761 g/mol. The van der Waals surface area contributed by atoms with Gasteiger partial charge in [-0.2, -0.15) is 4.31 Å². The van der Waals surface area contributed by atoms with E-state index in [9.17, 15) is 28.6 Å². The Morgan fingerprint density at radius 1 is 1.08 bits per heavy atom. The maximum atomic E-state index is 15.7. The lowest BCUT2D eigenvalue weighted by atomic mass is 9.85. The minimum atomic E-state index is -4.06. The van der Waals surface area contributed by atoms with Gasteiger partial charge in [-0.15, -0.1) is 0 Å². The molecule has 1 aliphatic carbocycles. The molecule has 2 fully saturated rings. The van der Waals surface area contributed by atoms with Gasteiger partial charge in [0.1, 0.15) is 11.9 Å². The molecule has 1 aromatic heterocycles. The fraction of sp³-hybridized carbons (Fsp3) is 0.324. The van der Waals surface area contributed by atoms with Crippen LogP contribution in [-0.4, -0.2) is 78.5 Å². The Balaban J connectivity index is 1.31. The molecule has 1 unspecified atom stereocenters. The summed E-state index contributed by atoms with van der Waals surface area (Å²) in [5.41, 5.74) is 10.4. The van der Waals surface area contributed by atoms with Crippen molar-refractivity contribution in [3.8, 4) is 5.88 Å². The number of methoxy groups -OCH3 is 1. The lowest BCUT2D eigenvalue weighted by Crippen LogP contribution is -2.46. The molecule has 1 aliphatic heterocycles. The molecule has 1 saturated carbocycles. The van der Waals surface area contributed by atoms with Crippen LogP contribution >= 0.6 is 11.6 Å². The lowest BCUT2D eigenvalue weighted by Gasteiger charge is -2.31. The molecular weight excluding hydrogens is 725 g/mol. The van der Waals surface area contributed by atoms with Crippen molar-refractivity contribution in [1.29, 1.82) is 0 Å². The third-order valence-corrected chi connectivity index (χ3v) is 12.0. The standard InChI is InChI=1S/C37H37ClFN7O6S/c1-52-32-17-12-25(20-41-32)33(24-10-13-26(38)14-11-24)34(43-44-40)35(47)42-31-9-5-8-30(39)29(31)16-15-27-21-45(36(48)49)22-37(18-19-37)23-46(27)53(50,51)28-6-3-2-4-7-28/h2-14,17,20,27,33-34H,15-16,18-19,21-23H2,1H3,(H,42,47)(H,48,49)/t27?,33-,34-/m0/s1. The number of hydrogen-bond donors (Lipinski definition) is 2. The number of benzene rings is 3. The predicted octanol–water partition coefficient (Wildman–Crippen LogP) is 7.10. The van der Waals surface area contributed by atoms with Crippen LogP contribution in [0.15, 0.2) is 101 Å². The van der Waals surface area contributed by atoms with Gasteiger partial charge in [0.05, 0.1) is 12.0 Å². The topological polar surface area (TPSA) is 178 Å². The summed E-state index contributed by atoms with van der Waals surface area (Å²) in [6, 6.07) is 19.9. The number of hydrogen-bond acceptors (Lipinski definition) is 7. The summed E-state index contributed by atoms with van der Waals surface area (Å²) in [6.07, 6.45) is 1.70. The minimum Gasteiger partial charge on any atom is -0.481 e.